The van der Waals surface area contributed by atoms with Crippen LogP contribution in [0, 0.1) is 0 Å². The molecule has 1 N–H and O–H groups in total. The van der Waals surface area contributed by atoms with Crippen LogP contribution in [0.15, 0.2) is 48.5 Å². The third-order valence-electron chi connectivity index (χ3n) is 4.39. The molecular formula is C19H20ClNO2. The average molecular weight is 330 g/mol. The van der Waals surface area contributed by atoms with Crippen LogP contribution in [-0.4, -0.2) is 22.5 Å². The minimum Gasteiger partial charge on any atom is -0.508 e. The number of phenolic OH excluding ortho intramolecular Hbond substituents is 1. The zero-order valence-corrected chi connectivity index (χ0v) is 13.7. The maximum Gasteiger partial charge on any atom is 0.223 e. The molecule has 1 fully saturated rings. The van der Waals surface area contributed by atoms with Crippen molar-refractivity contribution >= 4 is 17.5 Å². The van der Waals surface area contributed by atoms with Gasteiger partial charge in [-0.1, -0.05) is 35.9 Å². The Bertz CT molecular complexity index is 667. The molecule has 120 valence electrons. The van der Waals surface area contributed by atoms with E-state index in [-0.39, 0.29) is 17.7 Å². The van der Waals surface area contributed by atoms with Crippen molar-refractivity contribution in [1.82, 2.24) is 4.90 Å². The Labute approximate surface area is 141 Å². The number of hydrogen-bond donors (Lipinski definition) is 1. The number of nitrogens with zero attached hydrogens (tertiary/aromatic N) is 1. The number of rotatable bonds is 5. The molecule has 0 unspecified atom stereocenters. The van der Waals surface area contributed by atoms with Crippen LogP contribution in [0.3, 0.4) is 0 Å². The van der Waals surface area contributed by atoms with E-state index in [4.69, 9.17) is 11.6 Å². The van der Waals surface area contributed by atoms with Gasteiger partial charge in [0.25, 0.3) is 0 Å². The molecule has 0 spiro atoms. The van der Waals surface area contributed by atoms with E-state index in [1.807, 2.05) is 41.3 Å². The van der Waals surface area contributed by atoms with E-state index in [0.717, 1.165) is 42.0 Å². The first kappa shape index (κ1) is 15.9. The second-order valence-electron chi connectivity index (χ2n) is 5.96. The highest BCUT2D eigenvalue weighted by atomic mass is 35.5. The predicted octanol–water partition coefficient (Wildman–Crippen LogP) is 4.34. The maximum absolute atomic E-state index is 12.4. The number of phenols is 1. The molecule has 0 saturated carbocycles. The first-order valence-corrected chi connectivity index (χ1v) is 8.34. The zero-order valence-electron chi connectivity index (χ0n) is 12.9. The first-order valence-electron chi connectivity index (χ1n) is 7.96. The number of aryl methyl sites for hydroxylation is 1. The van der Waals surface area contributed by atoms with Gasteiger partial charge in [-0.3, -0.25) is 4.79 Å². The Morgan fingerprint density at radius 2 is 1.83 bits per heavy atom. The van der Waals surface area contributed by atoms with Crippen molar-refractivity contribution in [2.45, 2.75) is 31.7 Å². The summed E-state index contributed by atoms with van der Waals surface area (Å²) in [5, 5.41) is 9.99. The van der Waals surface area contributed by atoms with Gasteiger partial charge in [0.2, 0.25) is 5.91 Å². The lowest BCUT2D eigenvalue weighted by Gasteiger charge is -2.41. The van der Waals surface area contributed by atoms with Crippen LogP contribution < -0.4 is 0 Å². The van der Waals surface area contributed by atoms with Crippen molar-refractivity contribution in [2.75, 3.05) is 6.54 Å². The van der Waals surface area contributed by atoms with Gasteiger partial charge >= 0.3 is 0 Å². The number of halogens is 1. The fourth-order valence-corrected chi connectivity index (χ4v) is 3.09. The van der Waals surface area contributed by atoms with Crippen molar-refractivity contribution in [3.05, 3.63) is 64.7 Å². The highest BCUT2D eigenvalue weighted by Crippen LogP contribution is 2.34. The van der Waals surface area contributed by atoms with Crippen LogP contribution in [0.25, 0.3) is 0 Å². The first-order chi connectivity index (χ1) is 11.1. The molecule has 1 amide bonds. The van der Waals surface area contributed by atoms with Crippen molar-refractivity contribution in [2.24, 2.45) is 0 Å². The second kappa shape index (κ2) is 7.05. The number of amides is 1. The fraction of sp³-hybridized carbons (Fsp3) is 0.316. The standard InChI is InChI=1S/C19H20ClNO2/c20-16-8-6-15(7-9-16)18-12-13-21(18)19(23)3-1-2-14-4-10-17(22)11-5-14/h4-11,18,22H,1-3,12-13H2/t18-/m0/s1. The quantitative estimate of drug-likeness (QED) is 0.886. The van der Waals surface area contributed by atoms with Gasteiger partial charge in [0.05, 0.1) is 6.04 Å². The highest BCUT2D eigenvalue weighted by Gasteiger charge is 2.32. The lowest BCUT2D eigenvalue weighted by Crippen LogP contribution is -2.45. The SMILES string of the molecule is O=C(CCCc1ccc(O)cc1)N1CC[C@H]1c1ccc(Cl)cc1. The summed E-state index contributed by atoms with van der Waals surface area (Å²) in [4.78, 5) is 14.3. The summed E-state index contributed by atoms with van der Waals surface area (Å²) in [7, 11) is 0. The summed E-state index contributed by atoms with van der Waals surface area (Å²) < 4.78 is 0. The van der Waals surface area contributed by atoms with Gasteiger partial charge in [0.15, 0.2) is 0 Å². The van der Waals surface area contributed by atoms with E-state index in [1.54, 1.807) is 12.1 Å². The molecule has 1 aliphatic rings. The third kappa shape index (κ3) is 3.85. The van der Waals surface area contributed by atoms with Gasteiger partial charge in [0.1, 0.15) is 5.75 Å². The molecule has 1 aliphatic heterocycles. The minimum atomic E-state index is 0.202. The molecule has 1 saturated heterocycles. The lowest BCUT2D eigenvalue weighted by molar-refractivity contribution is -0.139. The molecule has 0 aromatic heterocycles. The Balaban J connectivity index is 1.50. The van der Waals surface area contributed by atoms with Crippen LogP contribution in [0.4, 0.5) is 0 Å². The third-order valence-corrected chi connectivity index (χ3v) is 4.64. The van der Waals surface area contributed by atoms with E-state index in [0.29, 0.717) is 6.42 Å². The van der Waals surface area contributed by atoms with Crippen molar-refractivity contribution < 1.29 is 9.90 Å². The van der Waals surface area contributed by atoms with E-state index in [1.165, 1.54) is 0 Å². The van der Waals surface area contributed by atoms with Gasteiger partial charge in [-0.05, 0) is 54.7 Å². The molecule has 2 aromatic rings. The van der Waals surface area contributed by atoms with E-state index < -0.39 is 0 Å². The summed E-state index contributed by atoms with van der Waals surface area (Å²) in [6, 6.07) is 15.1. The largest absolute Gasteiger partial charge is 0.508 e. The van der Waals surface area contributed by atoms with Gasteiger partial charge < -0.3 is 10.0 Å². The molecule has 1 heterocycles. The topological polar surface area (TPSA) is 40.5 Å². The summed E-state index contributed by atoms with van der Waals surface area (Å²) in [6.07, 6.45) is 3.26. The molecule has 3 nitrogen and oxygen atoms in total. The molecular weight excluding hydrogens is 310 g/mol. The van der Waals surface area contributed by atoms with E-state index in [9.17, 15) is 9.90 Å². The minimum absolute atomic E-state index is 0.202. The number of hydrogen-bond acceptors (Lipinski definition) is 2. The molecule has 0 radical (unpaired) electrons. The number of likely N-dealkylation sites (tertiary alicyclic amines) is 1. The van der Waals surface area contributed by atoms with Gasteiger partial charge in [-0.15, -0.1) is 0 Å². The number of benzene rings is 2. The second-order valence-corrected chi connectivity index (χ2v) is 6.40. The zero-order chi connectivity index (χ0) is 16.2. The van der Waals surface area contributed by atoms with Crippen LogP contribution in [0.1, 0.15) is 36.4 Å². The van der Waals surface area contributed by atoms with Crippen LogP contribution in [0.5, 0.6) is 5.75 Å². The van der Waals surface area contributed by atoms with Gasteiger partial charge in [0, 0.05) is 18.0 Å². The van der Waals surface area contributed by atoms with Crippen LogP contribution in [0.2, 0.25) is 5.02 Å². The molecule has 1 atom stereocenters. The monoisotopic (exact) mass is 329 g/mol. The highest BCUT2D eigenvalue weighted by molar-refractivity contribution is 6.30. The summed E-state index contributed by atoms with van der Waals surface area (Å²) in [6.45, 7) is 0.839. The molecule has 4 heteroatoms. The summed E-state index contributed by atoms with van der Waals surface area (Å²) in [5.41, 5.74) is 2.31. The lowest BCUT2D eigenvalue weighted by atomic mass is 9.94. The van der Waals surface area contributed by atoms with Crippen LogP contribution in [-0.2, 0) is 11.2 Å². The Morgan fingerprint density at radius 3 is 2.43 bits per heavy atom. The van der Waals surface area contributed by atoms with Crippen LogP contribution >= 0.6 is 11.6 Å². The van der Waals surface area contributed by atoms with E-state index in [2.05, 4.69) is 0 Å². The molecule has 0 bridgehead atoms. The smallest absolute Gasteiger partial charge is 0.223 e. The number of carbonyl (C=O) groups is 1. The van der Waals surface area contributed by atoms with Crippen molar-refractivity contribution in [3.8, 4) is 5.75 Å². The van der Waals surface area contributed by atoms with E-state index >= 15 is 0 Å². The maximum atomic E-state index is 12.4. The van der Waals surface area contributed by atoms with Crippen molar-refractivity contribution in [3.63, 3.8) is 0 Å². The summed E-state index contributed by atoms with van der Waals surface area (Å²) >= 11 is 5.92. The normalized spacial score (nSPS) is 16.9. The number of carbonyl (C=O) groups excluding carboxylic acids is 1. The number of aromatic hydroxyl groups is 1. The molecule has 23 heavy (non-hydrogen) atoms. The van der Waals surface area contributed by atoms with Gasteiger partial charge in [-0.2, -0.15) is 0 Å². The Kier molecular flexibility index (Phi) is 4.87. The van der Waals surface area contributed by atoms with Crippen molar-refractivity contribution in [1.29, 1.82) is 0 Å². The summed E-state index contributed by atoms with van der Waals surface area (Å²) in [5.74, 6) is 0.492. The Hall–Kier alpha value is -2.00. The predicted molar refractivity (Wildman–Crippen MR) is 91.6 cm³/mol. The van der Waals surface area contributed by atoms with Gasteiger partial charge in [-0.25, -0.2) is 0 Å². The molecule has 2 aromatic carbocycles. The Morgan fingerprint density at radius 1 is 1.13 bits per heavy atom. The molecule has 3 rings (SSSR count). The average Bonchev–Trinajstić information content (AvgIpc) is 2.50. The molecule has 0 aliphatic carbocycles. The fourth-order valence-electron chi connectivity index (χ4n) is 2.97.